The summed E-state index contributed by atoms with van der Waals surface area (Å²) in [6.45, 7) is 9.60. The molecule has 0 aromatic carbocycles. The molecule has 1 heterocycles. The number of likely N-dealkylation sites (N-methyl/N-ethyl adjacent to an activating group) is 1. The number of hydrogen-bond acceptors (Lipinski definition) is 4. The van der Waals surface area contributed by atoms with Gasteiger partial charge in [-0.25, -0.2) is 4.79 Å². The van der Waals surface area contributed by atoms with Crippen LogP contribution in [0.4, 0.5) is 4.79 Å². The number of ether oxygens (including phenoxy) is 1. The Morgan fingerprint density at radius 3 is 2.47 bits per heavy atom. The van der Waals surface area contributed by atoms with E-state index in [0.717, 1.165) is 0 Å². The monoisotopic (exact) mass is 271 g/mol. The van der Waals surface area contributed by atoms with Crippen LogP contribution in [0.3, 0.4) is 0 Å². The van der Waals surface area contributed by atoms with Crippen LogP contribution in [0, 0.1) is 0 Å². The van der Waals surface area contributed by atoms with E-state index in [2.05, 4.69) is 5.32 Å². The van der Waals surface area contributed by atoms with Crippen molar-refractivity contribution in [3.8, 4) is 0 Å². The van der Waals surface area contributed by atoms with Crippen molar-refractivity contribution < 1.29 is 14.3 Å². The number of carbonyl (C=O) groups is 2. The molecule has 19 heavy (non-hydrogen) atoms. The third kappa shape index (κ3) is 4.70. The molecular formula is C13H25N3O3. The summed E-state index contributed by atoms with van der Waals surface area (Å²) in [5, 5.41) is 2.91. The molecule has 0 aromatic heterocycles. The SMILES string of the molecule is CCOC(=O)C1CN(C(=O)NC(C)(C)C)CCN1C. The van der Waals surface area contributed by atoms with E-state index in [9.17, 15) is 9.59 Å². The average Bonchev–Trinajstić information content (AvgIpc) is 2.27. The number of rotatable bonds is 2. The Balaban J connectivity index is 2.63. The maximum atomic E-state index is 12.1. The lowest BCUT2D eigenvalue weighted by Crippen LogP contribution is -2.60. The summed E-state index contributed by atoms with van der Waals surface area (Å²) in [5.41, 5.74) is -0.278. The van der Waals surface area contributed by atoms with Crippen molar-refractivity contribution in [3.05, 3.63) is 0 Å². The molecule has 0 spiro atoms. The highest BCUT2D eigenvalue weighted by atomic mass is 16.5. The van der Waals surface area contributed by atoms with Crippen LogP contribution in [0.5, 0.6) is 0 Å². The van der Waals surface area contributed by atoms with Crippen LogP contribution >= 0.6 is 0 Å². The van der Waals surface area contributed by atoms with E-state index in [1.807, 2.05) is 32.7 Å². The molecule has 1 atom stereocenters. The van der Waals surface area contributed by atoms with E-state index >= 15 is 0 Å². The molecule has 0 radical (unpaired) electrons. The minimum Gasteiger partial charge on any atom is -0.465 e. The minimum atomic E-state index is -0.376. The molecule has 1 aliphatic heterocycles. The molecule has 6 heteroatoms. The molecule has 0 saturated carbocycles. The minimum absolute atomic E-state index is 0.130. The normalized spacial score (nSPS) is 21.1. The summed E-state index contributed by atoms with van der Waals surface area (Å²) in [6, 6.07) is -0.505. The second-order valence-corrected chi connectivity index (χ2v) is 5.87. The number of nitrogens with zero attached hydrogens (tertiary/aromatic N) is 2. The highest BCUT2D eigenvalue weighted by Gasteiger charge is 2.33. The van der Waals surface area contributed by atoms with E-state index in [1.54, 1.807) is 11.8 Å². The highest BCUT2D eigenvalue weighted by molar-refractivity contribution is 5.79. The van der Waals surface area contributed by atoms with Gasteiger partial charge < -0.3 is 15.0 Å². The third-order valence-corrected chi connectivity index (χ3v) is 2.98. The van der Waals surface area contributed by atoms with Gasteiger partial charge in [0.05, 0.1) is 6.61 Å². The Morgan fingerprint density at radius 2 is 1.95 bits per heavy atom. The lowest BCUT2D eigenvalue weighted by molar-refractivity contribution is -0.150. The van der Waals surface area contributed by atoms with Crippen LogP contribution in [0.1, 0.15) is 27.7 Å². The molecule has 1 fully saturated rings. The lowest BCUT2D eigenvalue weighted by atomic mass is 10.1. The number of esters is 1. The smallest absolute Gasteiger partial charge is 0.325 e. The van der Waals surface area contributed by atoms with Gasteiger partial charge in [-0.05, 0) is 34.7 Å². The van der Waals surface area contributed by atoms with Crippen molar-refractivity contribution in [3.63, 3.8) is 0 Å². The topological polar surface area (TPSA) is 61.9 Å². The van der Waals surface area contributed by atoms with E-state index in [-0.39, 0.29) is 23.6 Å². The standard InChI is InChI=1S/C13H25N3O3/c1-6-19-11(17)10-9-16(8-7-15(10)5)12(18)14-13(2,3)4/h10H,6-9H2,1-5H3,(H,14,18). The Bertz CT molecular complexity index is 339. The molecule has 0 aliphatic carbocycles. The molecule has 1 N–H and O–H groups in total. The van der Waals surface area contributed by atoms with E-state index in [4.69, 9.17) is 4.74 Å². The first kappa shape index (κ1) is 15.8. The van der Waals surface area contributed by atoms with Gasteiger partial charge in [0.15, 0.2) is 0 Å². The van der Waals surface area contributed by atoms with Gasteiger partial charge in [-0.15, -0.1) is 0 Å². The van der Waals surface area contributed by atoms with Gasteiger partial charge in [-0.1, -0.05) is 0 Å². The third-order valence-electron chi connectivity index (χ3n) is 2.98. The number of hydrogen-bond donors (Lipinski definition) is 1. The van der Waals surface area contributed by atoms with Crippen LogP contribution < -0.4 is 5.32 Å². The van der Waals surface area contributed by atoms with E-state index < -0.39 is 0 Å². The number of urea groups is 1. The predicted octanol–water partition coefficient (Wildman–Crippen LogP) is 0.674. The van der Waals surface area contributed by atoms with Crippen LogP contribution in [-0.2, 0) is 9.53 Å². The lowest BCUT2D eigenvalue weighted by Gasteiger charge is -2.39. The maximum Gasteiger partial charge on any atom is 0.325 e. The largest absolute Gasteiger partial charge is 0.465 e. The van der Waals surface area contributed by atoms with Crippen molar-refractivity contribution in [1.82, 2.24) is 15.1 Å². The molecule has 0 bridgehead atoms. The Kier molecular flexibility index (Phi) is 5.17. The summed E-state index contributed by atoms with van der Waals surface area (Å²) in [7, 11) is 1.88. The summed E-state index contributed by atoms with van der Waals surface area (Å²) in [4.78, 5) is 27.5. The molecule has 0 aromatic rings. The van der Waals surface area contributed by atoms with Crippen molar-refractivity contribution in [2.45, 2.75) is 39.3 Å². The first-order chi connectivity index (χ1) is 8.74. The number of amides is 2. The summed E-state index contributed by atoms with van der Waals surface area (Å²) < 4.78 is 5.04. The molecule has 1 unspecified atom stereocenters. The van der Waals surface area contributed by atoms with Crippen molar-refractivity contribution in [2.24, 2.45) is 0 Å². The van der Waals surface area contributed by atoms with Crippen LogP contribution in [-0.4, -0.2) is 66.7 Å². The number of carbonyl (C=O) groups excluding carboxylic acids is 2. The molecular weight excluding hydrogens is 246 g/mol. The first-order valence-electron chi connectivity index (χ1n) is 6.68. The van der Waals surface area contributed by atoms with Gasteiger partial charge >= 0.3 is 12.0 Å². The zero-order valence-electron chi connectivity index (χ0n) is 12.5. The quantitative estimate of drug-likeness (QED) is 0.750. The number of nitrogens with one attached hydrogen (secondary N) is 1. The zero-order valence-corrected chi connectivity index (χ0v) is 12.5. The van der Waals surface area contributed by atoms with Crippen LogP contribution in [0.15, 0.2) is 0 Å². The fourth-order valence-electron chi connectivity index (χ4n) is 1.95. The number of piperazine rings is 1. The molecule has 1 rings (SSSR count). The molecule has 1 saturated heterocycles. The Labute approximate surface area is 115 Å². The van der Waals surface area contributed by atoms with Gasteiger partial charge in [-0.3, -0.25) is 9.69 Å². The second kappa shape index (κ2) is 6.23. The van der Waals surface area contributed by atoms with E-state index in [0.29, 0.717) is 26.2 Å². The molecule has 110 valence electrons. The maximum absolute atomic E-state index is 12.1. The highest BCUT2D eigenvalue weighted by Crippen LogP contribution is 2.11. The fourth-order valence-corrected chi connectivity index (χ4v) is 1.95. The summed E-state index contributed by atoms with van der Waals surface area (Å²) in [5.74, 6) is -0.266. The fraction of sp³-hybridized carbons (Fsp3) is 0.846. The predicted molar refractivity (Wildman–Crippen MR) is 72.9 cm³/mol. The van der Waals surface area contributed by atoms with Gasteiger partial charge in [0.25, 0.3) is 0 Å². The van der Waals surface area contributed by atoms with Crippen molar-refractivity contribution in [2.75, 3.05) is 33.3 Å². The van der Waals surface area contributed by atoms with Gasteiger partial charge in [0.2, 0.25) is 0 Å². The average molecular weight is 271 g/mol. The van der Waals surface area contributed by atoms with E-state index in [1.165, 1.54) is 0 Å². The van der Waals surface area contributed by atoms with Crippen molar-refractivity contribution in [1.29, 1.82) is 0 Å². The first-order valence-corrected chi connectivity index (χ1v) is 6.68. The zero-order chi connectivity index (χ0) is 14.6. The summed E-state index contributed by atoms with van der Waals surface area (Å²) >= 11 is 0. The van der Waals surface area contributed by atoms with Gasteiger partial charge in [0, 0.05) is 25.2 Å². The van der Waals surface area contributed by atoms with Crippen molar-refractivity contribution >= 4 is 12.0 Å². The molecule has 6 nitrogen and oxygen atoms in total. The second-order valence-electron chi connectivity index (χ2n) is 5.87. The Morgan fingerprint density at radius 1 is 1.32 bits per heavy atom. The Hall–Kier alpha value is -1.30. The van der Waals surface area contributed by atoms with Gasteiger partial charge in [-0.2, -0.15) is 0 Å². The van der Waals surface area contributed by atoms with Crippen LogP contribution in [0.25, 0.3) is 0 Å². The summed E-state index contributed by atoms with van der Waals surface area (Å²) in [6.07, 6.45) is 0. The van der Waals surface area contributed by atoms with Gasteiger partial charge in [0.1, 0.15) is 6.04 Å². The molecule has 1 aliphatic rings. The van der Waals surface area contributed by atoms with Crippen LogP contribution in [0.2, 0.25) is 0 Å². The molecule has 2 amide bonds.